The van der Waals surface area contributed by atoms with Crippen LogP contribution in [0, 0.1) is 12.7 Å². The summed E-state index contributed by atoms with van der Waals surface area (Å²) >= 11 is 0. The average Bonchev–Trinajstić information content (AvgIpc) is 2.32. The van der Waals surface area contributed by atoms with Crippen molar-refractivity contribution < 1.29 is 9.18 Å². The van der Waals surface area contributed by atoms with Crippen molar-refractivity contribution in [1.29, 1.82) is 0 Å². The smallest absolute Gasteiger partial charge is 0.241 e. The highest BCUT2D eigenvalue weighted by Gasteiger charge is 2.10. The number of hydrogen-bond donors (Lipinski definition) is 1. The van der Waals surface area contributed by atoms with Gasteiger partial charge in [0.25, 0.3) is 0 Å². The summed E-state index contributed by atoms with van der Waals surface area (Å²) < 4.78 is 13.6. The number of carbonyl (C=O) groups excluding carboxylic acids is 1. The molecule has 4 heteroatoms. The van der Waals surface area contributed by atoms with E-state index < -0.39 is 0 Å². The minimum Gasteiger partial charge on any atom is -0.374 e. The average molecular weight is 238 g/mol. The van der Waals surface area contributed by atoms with E-state index in [4.69, 9.17) is 0 Å². The Balaban J connectivity index is 2.61. The second-order valence-corrected chi connectivity index (χ2v) is 3.86. The number of amides is 1. The molecule has 0 fully saturated rings. The number of anilines is 1. The predicted octanol–water partition coefficient (Wildman–Crippen LogP) is 2.41. The van der Waals surface area contributed by atoms with Gasteiger partial charge in [0, 0.05) is 13.1 Å². The quantitative estimate of drug-likeness (QED) is 0.854. The van der Waals surface area contributed by atoms with Gasteiger partial charge >= 0.3 is 0 Å². The SMILES string of the molecule is CCN(CC)C(=O)CNc1cccc(C)c1F. The Morgan fingerprint density at radius 2 is 2.00 bits per heavy atom. The Bertz CT molecular complexity index is 389. The topological polar surface area (TPSA) is 32.3 Å². The Morgan fingerprint density at radius 1 is 1.35 bits per heavy atom. The van der Waals surface area contributed by atoms with Gasteiger partial charge in [-0.3, -0.25) is 4.79 Å². The molecule has 1 aromatic carbocycles. The highest BCUT2D eigenvalue weighted by molar-refractivity contribution is 5.80. The summed E-state index contributed by atoms with van der Waals surface area (Å²) in [6, 6.07) is 5.10. The van der Waals surface area contributed by atoms with Gasteiger partial charge in [-0.1, -0.05) is 12.1 Å². The fourth-order valence-electron chi connectivity index (χ4n) is 1.64. The molecule has 1 aromatic rings. The number of rotatable bonds is 5. The summed E-state index contributed by atoms with van der Waals surface area (Å²) in [6.45, 7) is 7.03. The van der Waals surface area contributed by atoms with Gasteiger partial charge in [-0.25, -0.2) is 4.39 Å². The molecule has 0 aliphatic rings. The van der Waals surface area contributed by atoms with Crippen molar-refractivity contribution in [3.63, 3.8) is 0 Å². The van der Waals surface area contributed by atoms with Crippen molar-refractivity contribution in [3.05, 3.63) is 29.6 Å². The van der Waals surface area contributed by atoms with E-state index in [-0.39, 0.29) is 18.3 Å². The third-order valence-corrected chi connectivity index (χ3v) is 2.74. The zero-order valence-electron chi connectivity index (χ0n) is 10.6. The molecule has 0 aromatic heterocycles. The molecule has 0 spiro atoms. The maximum Gasteiger partial charge on any atom is 0.241 e. The lowest BCUT2D eigenvalue weighted by atomic mass is 10.2. The molecule has 0 bridgehead atoms. The number of aryl methyl sites for hydroxylation is 1. The summed E-state index contributed by atoms with van der Waals surface area (Å²) in [4.78, 5) is 13.4. The molecule has 3 nitrogen and oxygen atoms in total. The van der Waals surface area contributed by atoms with Crippen LogP contribution in [0.25, 0.3) is 0 Å². The summed E-state index contributed by atoms with van der Waals surface area (Å²) in [7, 11) is 0. The summed E-state index contributed by atoms with van der Waals surface area (Å²) in [5, 5.41) is 2.84. The van der Waals surface area contributed by atoms with E-state index in [9.17, 15) is 9.18 Å². The van der Waals surface area contributed by atoms with E-state index in [0.29, 0.717) is 24.3 Å². The Hall–Kier alpha value is -1.58. The molecule has 0 saturated carbocycles. The molecule has 1 N–H and O–H groups in total. The Kier molecular flexibility index (Phi) is 4.94. The van der Waals surface area contributed by atoms with Crippen LogP contribution in [-0.2, 0) is 4.79 Å². The molecular formula is C13H19FN2O. The lowest BCUT2D eigenvalue weighted by Gasteiger charge is -2.19. The molecule has 0 radical (unpaired) electrons. The van der Waals surface area contributed by atoms with Crippen molar-refractivity contribution in [1.82, 2.24) is 4.90 Å². The van der Waals surface area contributed by atoms with Crippen molar-refractivity contribution in [2.24, 2.45) is 0 Å². The summed E-state index contributed by atoms with van der Waals surface area (Å²) in [5.74, 6) is -0.309. The zero-order valence-corrected chi connectivity index (χ0v) is 10.6. The second-order valence-electron chi connectivity index (χ2n) is 3.86. The van der Waals surface area contributed by atoms with Crippen LogP contribution in [0.2, 0.25) is 0 Å². The first kappa shape index (κ1) is 13.5. The molecule has 0 unspecified atom stereocenters. The van der Waals surface area contributed by atoms with E-state index >= 15 is 0 Å². The van der Waals surface area contributed by atoms with Gasteiger partial charge in [-0.05, 0) is 32.4 Å². The van der Waals surface area contributed by atoms with E-state index in [2.05, 4.69) is 5.32 Å². The Labute approximate surface area is 102 Å². The van der Waals surface area contributed by atoms with Gasteiger partial charge in [0.05, 0.1) is 12.2 Å². The molecule has 0 saturated heterocycles. The van der Waals surface area contributed by atoms with Crippen molar-refractivity contribution in [2.75, 3.05) is 25.0 Å². The predicted molar refractivity (Wildman–Crippen MR) is 67.6 cm³/mol. The fourth-order valence-corrected chi connectivity index (χ4v) is 1.64. The number of carbonyl (C=O) groups is 1. The summed E-state index contributed by atoms with van der Waals surface area (Å²) in [5.41, 5.74) is 0.954. The van der Waals surface area contributed by atoms with Gasteiger partial charge in [0.2, 0.25) is 5.91 Å². The van der Waals surface area contributed by atoms with Crippen LogP contribution in [0.4, 0.5) is 10.1 Å². The number of nitrogens with zero attached hydrogens (tertiary/aromatic N) is 1. The van der Waals surface area contributed by atoms with E-state index in [0.717, 1.165) is 0 Å². The normalized spacial score (nSPS) is 10.1. The molecule has 0 heterocycles. The molecule has 17 heavy (non-hydrogen) atoms. The van der Waals surface area contributed by atoms with Crippen LogP contribution < -0.4 is 5.32 Å². The highest BCUT2D eigenvalue weighted by atomic mass is 19.1. The van der Waals surface area contributed by atoms with Crippen LogP contribution in [0.1, 0.15) is 19.4 Å². The second kappa shape index (κ2) is 6.23. The maximum atomic E-state index is 13.6. The lowest BCUT2D eigenvalue weighted by Crippen LogP contribution is -2.35. The number of benzene rings is 1. The standard InChI is InChI=1S/C13H19FN2O/c1-4-16(5-2)12(17)9-15-11-8-6-7-10(3)13(11)14/h6-8,15H,4-5,9H2,1-3H3. The van der Waals surface area contributed by atoms with Gasteiger partial charge in [0.1, 0.15) is 5.82 Å². The molecule has 0 atom stereocenters. The van der Waals surface area contributed by atoms with Crippen LogP contribution >= 0.6 is 0 Å². The molecule has 1 rings (SSSR count). The van der Waals surface area contributed by atoms with Crippen molar-refractivity contribution >= 4 is 11.6 Å². The minimum atomic E-state index is -0.292. The first-order valence-electron chi connectivity index (χ1n) is 5.86. The first-order chi connectivity index (χ1) is 8.10. The molecule has 0 aliphatic heterocycles. The minimum absolute atomic E-state index is 0.0177. The lowest BCUT2D eigenvalue weighted by molar-refractivity contribution is -0.128. The molecule has 94 valence electrons. The van der Waals surface area contributed by atoms with Crippen molar-refractivity contribution in [3.8, 4) is 0 Å². The van der Waals surface area contributed by atoms with Gasteiger partial charge in [-0.15, -0.1) is 0 Å². The van der Waals surface area contributed by atoms with Gasteiger partial charge in [-0.2, -0.15) is 0 Å². The molecule has 0 aliphatic carbocycles. The Morgan fingerprint density at radius 3 is 2.59 bits per heavy atom. The van der Waals surface area contributed by atoms with Gasteiger partial charge < -0.3 is 10.2 Å². The highest BCUT2D eigenvalue weighted by Crippen LogP contribution is 2.16. The number of halogens is 1. The van der Waals surface area contributed by atoms with E-state index in [1.165, 1.54) is 0 Å². The van der Waals surface area contributed by atoms with E-state index in [1.54, 1.807) is 30.0 Å². The molecular weight excluding hydrogens is 219 g/mol. The zero-order chi connectivity index (χ0) is 12.8. The first-order valence-corrected chi connectivity index (χ1v) is 5.86. The third kappa shape index (κ3) is 3.44. The number of likely N-dealkylation sites (N-methyl/N-ethyl adjacent to an activating group) is 1. The number of nitrogens with one attached hydrogen (secondary N) is 1. The maximum absolute atomic E-state index is 13.6. The van der Waals surface area contributed by atoms with Gasteiger partial charge in [0.15, 0.2) is 0 Å². The van der Waals surface area contributed by atoms with Crippen LogP contribution in [0.3, 0.4) is 0 Å². The summed E-state index contributed by atoms with van der Waals surface area (Å²) in [6.07, 6.45) is 0. The van der Waals surface area contributed by atoms with Crippen LogP contribution in [-0.4, -0.2) is 30.4 Å². The van der Waals surface area contributed by atoms with Crippen LogP contribution in [0.5, 0.6) is 0 Å². The fraction of sp³-hybridized carbons (Fsp3) is 0.462. The van der Waals surface area contributed by atoms with E-state index in [1.807, 2.05) is 13.8 Å². The number of hydrogen-bond acceptors (Lipinski definition) is 2. The molecule has 1 amide bonds. The third-order valence-electron chi connectivity index (χ3n) is 2.74. The van der Waals surface area contributed by atoms with Crippen molar-refractivity contribution in [2.45, 2.75) is 20.8 Å². The monoisotopic (exact) mass is 238 g/mol. The van der Waals surface area contributed by atoms with Crippen LogP contribution in [0.15, 0.2) is 18.2 Å². The largest absolute Gasteiger partial charge is 0.374 e.